The lowest BCUT2D eigenvalue weighted by Crippen LogP contribution is -2.38. The molecule has 21 heavy (non-hydrogen) atoms. The van der Waals surface area contributed by atoms with Crippen molar-refractivity contribution in [1.82, 2.24) is 9.80 Å². The van der Waals surface area contributed by atoms with Gasteiger partial charge >= 0.3 is 0 Å². The number of benzene rings is 1. The van der Waals surface area contributed by atoms with E-state index in [9.17, 15) is 4.79 Å². The molecular formula is C16H21N3O2. The molecule has 1 aliphatic rings. The Morgan fingerprint density at radius 2 is 2.19 bits per heavy atom. The molecule has 1 aliphatic heterocycles. The predicted octanol–water partition coefficient (Wildman–Crippen LogP) is 1.49. The fourth-order valence-corrected chi connectivity index (χ4v) is 2.35. The molecule has 1 fully saturated rings. The fraction of sp³-hybridized carbons (Fsp3) is 0.500. The molecule has 0 saturated carbocycles. The summed E-state index contributed by atoms with van der Waals surface area (Å²) in [4.78, 5) is 15.9. The molecule has 0 spiro atoms. The molecule has 0 N–H and O–H groups in total. The summed E-state index contributed by atoms with van der Waals surface area (Å²) in [6.45, 7) is 3.39. The first-order chi connectivity index (χ1) is 10.2. The van der Waals surface area contributed by atoms with Crippen LogP contribution in [0.5, 0.6) is 5.75 Å². The van der Waals surface area contributed by atoms with Crippen molar-refractivity contribution in [3.8, 4) is 11.8 Å². The third kappa shape index (κ3) is 4.76. The second-order valence-corrected chi connectivity index (χ2v) is 5.31. The maximum absolute atomic E-state index is 12.0. The lowest BCUT2D eigenvalue weighted by Gasteiger charge is -2.21. The molecular weight excluding hydrogens is 266 g/mol. The van der Waals surface area contributed by atoms with Crippen molar-refractivity contribution >= 4 is 5.91 Å². The molecule has 1 saturated heterocycles. The van der Waals surface area contributed by atoms with Gasteiger partial charge in [0, 0.05) is 19.6 Å². The average Bonchev–Trinajstić information content (AvgIpc) is 3.02. The molecule has 5 heteroatoms. The summed E-state index contributed by atoms with van der Waals surface area (Å²) < 4.78 is 5.61. The highest BCUT2D eigenvalue weighted by atomic mass is 16.5. The van der Waals surface area contributed by atoms with Crippen LogP contribution in [0.25, 0.3) is 0 Å². The minimum Gasteiger partial charge on any atom is -0.492 e. The highest BCUT2D eigenvalue weighted by molar-refractivity contribution is 5.78. The van der Waals surface area contributed by atoms with Gasteiger partial charge < -0.3 is 9.64 Å². The van der Waals surface area contributed by atoms with Gasteiger partial charge in [0.25, 0.3) is 0 Å². The van der Waals surface area contributed by atoms with Crippen molar-refractivity contribution in [2.24, 2.45) is 0 Å². The molecule has 2 rings (SSSR count). The minimum absolute atomic E-state index is 0.196. The first-order valence-corrected chi connectivity index (χ1v) is 7.28. The van der Waals surface area contributed by atoms with Gasteiger partial charge in [0.1, 0.15) is 12.4 Å². The third-order valence-corrected chi connectivity index (χ3v) is 3.57. The van der Waals surface area contributed by atoms with Crippen molar-refractivity contribution in [2.45, 2.75) is 12.8 Å². The summed E-state index contributed by atoms with van der Waals surface area (Å²) in [5.74, 6) is 0.884. The summed E-state index contributed by atoms with van der Waals surface area (Å²) in [5.41, 5.74) is 0.588. The molecule has 1 aromatic rings. The number of hydrogen-bond donors (Lipinski definition) is 0. The Kier molecular flexibility index (Phi) is 5.59. The lowest BCUT2D eigenvalue weighted by molar-refractivity contribution is -0.131. The van der Waals surface area contributed by atoms with Gasteiger partial charge in [-0.15, -0.1) is 0 Å². The summed E-state index contributed by atoms with van der Waals surface area (Å²) in [6, 6.07) is 9.17. The Labute approximate surface area is 125 Å². The smallest absolute Gasteiger partial charge is 0.236 e. The summed E-state index contributed by atoms with van der Waals surface area (Å²) in [5, 5.41) is 8.82. The lowest BCUT2D eigenvalue weighted by atomic mass is 10.2. The van der Waals surface area contributed by atoms with Crippen LogP contribution in [-0.4, -0.2) is 55.5 Å². The van der Waals surface area contributed by atoms with Crippen LogP contribution in [0.1, 0.15) is 18.4 Å². The molecule has 0 aliphatic carbocycles. The number of carbonyl (C=O) groups is 1. The molecule has 112 valence electrons. The molecule has 5 nitrogen and oxygen atoms in total. The van der Waals surface area contributed by atoms with Crippen LogP contribution in [0.2, 0.25) is 0 Å². The van der Waals surface area contributed by atoms with E-state index in [4.69, 9.17) is 10.00 Å². The van der Waals surface area contributed by atoms with Gasteiger partial charge in [-0.05, 0) is 38.1 Å². The Bertz CT molecular complexity index is 518. The van der Waals surface area contributed by atoms with Gasteiger partial charge in [-0.25, -0.2) is 0 Å². The molecule has 0 aromatic heterocycles. The Hall–Kier alpha value is -2.06. The number of ether oxygens (including phenoxy) is 1. The van der Waals surface area contributed by atoms with Gasteiger partial charge in [-0.2, -0.15) is 5.26 Å². The summed E-state index contributed by atoms with van der Waals surface area (Å²) >= 11 is 0. The maximum atomic E-state index is 12.0. The number of hydrogen-bond acceptors (Lipinski definition) is 4. The van der Waals surface area contributed by atoms with Crippen LogP contribution >= 0.6 is 0 Å². The van der Waals surface area contributed by atoms with Gasteiger partial charge in [-0.3, -0.25) is 9.69 Å². The van der Waals surface area contributed by atoms with Gasteiger partial charge in [0.05, 0.1) is 18.2 Å². The van der Waals surface area contributed by atoms with E-state index in [1.165, 1.54) is 0 Å². The Balaban J connectivity index is 1.70. The van der Waals surface area contributed by atoms with E-state index in [0.29, 0.717) is 31.0 Å². The van der Waals surface area contributed by atoms with Crippen molar-refractivity contribution < 1.29 is 9.53 Å². The number of amides is 1. The van der Waals surface area contributed by atoms with E-state index in [1.54, 1.807) is 18.2 Å². The monoisotopic (exact) mass is 287 g/mol. The van der Waals surface area contributed by atoms with Crippen molar-refractivity contribution in [3.63, 3.8) is 0 Å². The minimum atomic E-state index is 0.196. The second-order valence-electron chi connectivity index (χ2n) is 5.31. The van der Waals surface area contributed by atoms with E-state index >= 15 is 0 Å². The molecule has 0 atom stereocenters. The number of rotatable bonds is 6. The standard InChI is InChI=1S/C16H21N3O2/c1-18(13-16(20)19-7-2-3-8-19)9-10-21-15-6-4-5-14(11-15)12-17/h4-6,11H,2-3,7-10,13H2,1H3. The number of likely N-dealkylation sites (tertiary alicyclic amines) is 1. The molecule has 0 bridgehead atoms. The van der Waals surface area contributed by atoms with E-state index in [1.807, 2.05) is 22.9 Å². The number of likely N-dealkylation sites (N-methyl/N-ethyl adjacent to an activating group) is 1. The van der Waals surface area contributed by atoms with Crippen LogP contribution < -0.4 is 4.74 Å². The van der Waals surface area contributed by atoms with E-state index in [-0.39, 0.29) is 5.91 Å². The first-order valence-electron chi connectivity index (χ1n) is 7.28. The van der Waals surface area contributed by atoms with Crippen LogP contribution in [0.4, 0.5) is 0 Å². The van der Waals surface area contributed by atoms with E-state index in [2.05, 4.69) is 6.07 Å². The fourth-order valence-electron chi connectivity index (χ4n) is 2.35. The maximum Gasteiger partial charge on any atom is 0.236 e. The number of nitrogens with zero attached hydrogens (tertiary/aromatic N) is 3. The topological polar surface area (TPSA) is 56.6 Å². The third-order valence-electron chi connectivity index (χ3n) is 3.57. The molecule has 0 radical (unpaired) electrons. The summed E-state index contributed by atoms with van der Waals surface area (Å²) in [6.07, 6.45) is 2.24. The molecule has 1 heterocycles. The first kappa shape index (κ1) is 15.3. The zero-order chi connectivity index (χ0) is 15.1. The molecule has 1 amide bonds. The van der Waals surface area contributed by atoms with Crippen LogP contribution in [0.15, 0.2) is 24.3 Å². The van der Waals surface area contributed by atoms with Crippen molar-refractivity contribution in [2.75, 3.05) is 39.8 Å². The molecule has 0 unspecified atom stereocenters. The zero-order valence-corrected chi connectivity index (χ0v) is 12.4. The van der Waals surface area contributed by atoms with E-state index < -0.39 is 0 Å². The average molecular weight is 287 g/mol. The number of nitriles is 1. The quantitative estimate of drug-likeness (QED) is 0.795. The van der Waals surface area contributed by atoms with E-state index in [0.717, 1.165) is 25.9 Å². The number of carbonyl (C=O) groups excluding carboxylic acids is 1. The molecule has 1 aromatic carbocycles. The van der Waals surface area contributed by atoms with Crippen LogP contribution in [0, 0.1) is 11.3 Å². The largest absolute Gasteiger partial charge is 0.492 e. The Morgan fingerprint density at radius 3 is 2.90 bits per heavy atom. The second kappa shape index (κ2) is 7.65. The summed E-state index contributed by atoms with van der Waals surface area (Å²) in [7, 11) is 1.92. The SMILES string of the molecule is CN(CCOc1cccc(C#N)c1)CC(=O)N1CCCC1. The van der Waals surface area contributed by atoms with Crippen LogP contribution in [0.3, 0.4) is 0 Å². The van der Waals surface area contributed by atoms with Crippen LogP contribution in [-0.2, 0) is 4.79 Å². The van der Waals surface area contributed by atoms with Crippen molar-refractivity contribution in [1.29, 1.82) is 5.26 Å². The van der Waals surface area contributed by atoms with Gasteiger partial charge in [0.2, 0.25) is 5.91 Å². The van der Waals surface area contributed by atoms with Crippen molar-refractivity contribution in [3.05, 3.63) is 29.8 Å². The highest BCUT2D eigenvalue weighted by Crippen LogP contribution is 2.12. The predicted molar refractivity (Wildman–Crippen MR) is 80.0 cm³/mol. The van der Waals surface area contributed by atoms with Gasteiger partial charge in [0.15, 0.2) is 0 Å². The normalized spacial score (nSPS) is 14.2. The highest BCUT2D eigenvalue weighted by Gasteiger charge is 2.18. The zero-order valence-electron chi connectivity index (χ0n) is 12.4. The Morgan fingerprint density at radius 1 is 1.43 bits per heavy atom. The van der Waals surface area contributed by atoms with Gasteiger partial charge in [-0.1, -0.05) is 6.07 Å².